The van der Waals surface area contributed by atoms with Gasteiger partial charge in [-0.05, 0) is 18.9 Å². The number of anilines is 1. The van der Waals surface area contributed by atoms with Crippen LogP contribution in [0.5, 0.6) is 0 Å². The molecule has 1 aliphatic rings. The standard InChI is InChI=1S/C12H15N3O2/c1-9(16)14-11-6-10(7-13-8-11)12(17)15-4-2-3-5-15/h6-8H,2-5H2,1H3,(H,14,16). The minimum atomic E-state index is -0.169. The first-order valence-corrected chi connectivity index (χ1v) is 5.69. The Labute approximate surface area is 99.8 Å². The van der Waals surface area contributed by atoms with Gasteiger partial charge in [0.05, 0.1) is 17.4 Å². The number of hydrogen-bond acceptors (Lipinski definition) is 3. The molecule has 0 saturated carbocycles. The van der Waals surface area contributed by atoms with Crippen LogP contribution in [0, 0.1) is 0 Å². The predicted octanol–water partition coefficient (Wildman–Crippen LogP) is 1.28. The second-order valence-corrected chi connectivity index (χ2v) is 4.14. The average Bonchev–Trinajstić information content (AvgIpc) is 2.81. The lowest BCUT2D eigenvalue weighted by Crippen LogP contribution is -2.27. The van der Waals surface area contributed by atoms with E-state index in [-0.39, 0.29) is 11.8 Å². The summed E-state index contributed by atoms with van der Waals surface area (Å²) in [5.74, 6) is -0.181. The van der Waals surface area contributed by atoms with Crippen LogP contribution in [0.15, 0.2) is 18.5 Å². The summed E-state index contributed by atoms with van der Waals surface area (Å²) in [5, 5.41) is 2.62. The fourth-order valence-corrected chi connectivity index (χ4v) is 1.93. The molecule has 2 heterocycles. The largest absolute Gasteiger partial charge is 0.339 e. The van der Waals surface area contributed by atoms with Crippen molar-refractivity contribution < 1.29 is 9.59 Å². The Kier molecular flexibility index (Phi) is 3.37. The van der Waals surface area contributed by atoms with Gasteiger partial charge < -0.3 is 10.2 Å². The molecular formula is C12H15N3O2. The Bertz CT molecular complexity index is 439. The molecule has 5 nitrogen and oxygen atoms in total. The summed E-state index contributed by atoms with van der Waals surface area (Å²) in [7, 11) is 0. The molecule has 5 heteroatoms. The number of pyridine rings is 1. The SMILES string of the molecule is CC(=O)Nc1cncc(C(=O)N2CCCC2)c1. The maximum Gasteiger partial charge on any atom is 0.255 e. The summed E-state index contributed by atoms with van der Waals surface area (Å²) in [4.78, 5) is 28.8. The second kappa shape index (κ2) is 4.95. The van der Waals surface area contributed by atoms with Gasteiger partial charge in [0.2, 0.25) is 5.91 Å². The predicted molar refractivity (Wildman–Crippen MR) is 63.7 cm³/mol. The van der Waals surface area contributed by atoms with E-state index in [1.807, 2.05) is 4.90 Å². The molecule has 1 fully saturated rings. The molecule has 1 saturated heterocycles. The molecule has 1 N–H and O–H groups in total. The van der Waals surface area contributed by atoms with Crippen molar-refractivity contribution in [3.05, 3.63) is 24.0 Å². The number of rotatable bonds is 2. The van der Waals surface area contributed by atoms with Gasteiger partial charge >= 0.3 is 0 Å². The van der Waals surface area contributed by atoms with Gasteiger partial charge in [-0.3, -0.25) is 14.6 Å². The highest BCUT2D eigenvalue weighted by Crippen LogP contribution is 2.14. The lowest BCUT2D eigenvalue weighted by molar-refractivity contribution is -0.114. The summed E-state index contributed by atoms with van der Waals surface area (Å²) in [6.45, 7) is 3.04. The lowest BCUT2D eigenvalue weighted by atomic mass is 10.2. The normalized spacial score (nSPS) is 14.8. The number of nitrogens with one attached hydrogen (secondary N) is 1. The van der Waals surface area contributed by atoms with Crippen LogP contribution in [0.25, 0.3) is 0 Å². The smallest absolute Gasteiger partial charge is 0.255 e. The van der Waals surface area contributed by atoms with Crippen LogP contribution in [0.2, 0.25) is 0 Å². The van der Waals surface area contributed by atoms with Crippen LogP contribution in [-0.2, 0) is 4.79 Å². The van der Waals surface area contributed by atoms with Crippen molar-refractivity contribution in [1.82, 2.24) is 9.88 Å². The number of nitrogens with zero attached hydrogens (tertiary/aromatic N) is 2. The number of amides is 2. The third-order valence-electron chi connectivity index (χ3n) is 2.70. The molecule has 0 aromatic carbocycles. The number of carbonyl (C=O) groups excluding carboxylic acids is 2. The van der Waals surface area contributed by atoms with E-state index in [0.717, 1.165) is 25.9 Å². The van der Waals surface area contributed by atoms with Gasteiger partial charge in [-0.15, -0.1) is 0 Å². The molecule has 0 unspecified atom stereocenters. The van der Waals surface area contributed by atoms with Crippen LogP contribution in [-0.4, -0.2) is 34.8 Å². The Morgan fingerprint density at radius 2 is 2.00 bits per heavy atom. The number of aromatic nitrogens is 1. The summed E-state index contributed by atoms with van der Waals surface area (Å²) >= 11 is 0. The van der Waals surface area contributed by atoms with Crippen molar-refractivity contribution in [2.45, 2.75) is 19.8 Å². The lowest BCUT2D eigenvalue weighted by Gasteiger charge is -2.15. The van der Waals surface area contributed by atoms with E-state index in [1.165, 1.54) is 19.3 Å². The summed E-state index contributed by atoms with van der Waals surface area (Å²) in [6.07, 6.45) is 5.18. The second-order valence-electron chi connectivity index (χ2n) is 4.14. The highest BCUT2D eigenvalue weighted by atomic mass is 16.2. The zero-order chi connectivity index (χ0) is 12.3. The van der Waals surface area contributed by atoms with E-state index in [2.05, 4.69) is 10.3 Å². The first-order valence-electron chi connectivity index (χ1n) is 5.69. The molecule has 2 rings (SSSR count). The summed E-state index contributed by atoms with van der Waals surface area (Å²) in [6, 6.07) is 1.66. The van der Waals surface area contributed by atoms with E-state index >= 15 is 0 Å². The maximum absolute atomic E-state index is 12.1. The summed E-state index contributed by atoms with van der Waals surface area (Å²) < 4.78 is 0. The molecule has 1 aromatic rings. The quantitative estimate of drug-likeness (QED) is 0.836. The van der Waals surface area contributed by atoms with E-state index < -0.39 is 0 Å². The van der Waals surface area contributed by atoms with E-state index in [9.17, 15) is 9.59 Å². The third-order valence-corrected chi connectivity index (χ3v) is 2.70. The molecule has 1 aromatic heterocycles. The minimum absolute atomic E-state index is 0.0118. The Morgan fingerprint density at radius 3 is 2.65 bits per heavy atom. The topological polar surface area (TPSA) is 62.3 Å². The van der Waals surface area contributed by atoms with Crippen LogP contribution in [0.4, 0.5) is 5.69 Å². The maximum atomic E-state index is 12.1. The summed E-state index contributed by atoms with van der Waals surface area (Å²) in [5.41, 5.74) is 1.08. The fraction of sp³-hybridized carbons (Fsp3) is 0.417. The third kappa shape index (κ3) is 2.81. The van der Waals surface area contributed by atoms with Crippen LogP contribution in [0.3, 0.4) is 0 Å². The van der Waals surface area contributed by atoms with Gasteiger partial charge in [0.25, 0.3) is 5.91 Å². The van der Waals surface area contributed by atoms with Crippen molar-refractivity contribution in [1.29, 1.82) is 0 Å². The van der Waals surface area contributed by atoms with Crippen LogP contribution in [0.1, 0.15) is 30.1 Å². The van der Waals surface area contributed by atoms with Crippen molar-refractivity contribution in [3.63, 3.8) is 0 Å². The zero-order valence-corrected chi connectivity index (χ0v) is 9.77. The molecule has 90 valence electrons. The van der Waals surface area contributed by atoms with Crippen molar-refractivity contribution in [2.75, 3.05) is 18.4 Å². The highest BCUT2D eigenvalue weighted by molar-refractivity contribution is 5.96. The fourth-order valence-electron chi connectivity index (χ4n) is 1.93. The van der Waals surface area contributed by atoms with Gasteiger partial charge in [0, 0.05) is 26.2 Å². The van der Waals surface area contributed by atoms with Crippen molar-refractivity contribution >= 4 is 17.5 Å². The Morgan fingerprint density at radius 1 is 1.29 bits per heavy atom. The van der Waals surface area contributed by atoms with E-state index in [4.69, 9.17) is 0 Å². The monoisotopic (exact) mass is 233 g/mol. The molecule has 0 spiro atoms. The van der Waals surface area contributed by atoms with E-state index in [1.54, 1.807) is 6.07 Å². The average molecular weight is 233 g/mol. The van der Waals surface area contributed by atoms with Crippen LogP contribution >= 0.6 is 0 Å². The highest BCUT2D eigenvalue weighted by Gasteiger charge is 2.19. The Hall–Kier alpha value is -1.91. The van der Waals surface area contributed by atoms with Gasteiger partial charge in [-0.25, -0.2) is 0 Å². The molecule has 0 bridgehead atoms. The zero-order valence-electron chi connectivity index (χ0n) is 9.77. The molecular weight excluding hydrogens is 218 g/mol. The molecule has 0 atom stereocenters. The van der Waals surface area contributed by atoms with Crippen molar-refractivity contribution in [2.24, 2.45) is 0 Å². The Balaban J connectivity index is 2.14. The van der Waals surface area contributed by atoms with Gasteiger partial charge in [-0.1, -0.05) is 0 Å². The molecule has 0 aliphatic carbocycles. The van der Waals surface area contributed by atoms with Gasteiger partial charge in [0.15, 0.2) is 0 Å². The van der Waals surface area contributed by atoms with Crippen LogP contribution < -0.4 is 5.32 Å². The van der Waals surface area contributed by atoms with Gasteiger partial charge in [0.1, 0.15) is 0 Å². The van der Waals surface area contributed by atoms with Gasteiger partial charge in [-0.2, -0.15) is 0 Å². The van der Waals surface area contributed by atoms with E-state index in [0.29, 0.717) is 11.3 Å². The number of likely N-dealkylation sites (tertiary alicyclic amines) is 1. The minimum Gasteiger partial charge on any atom is -0.339 e. The molecule has 2 amide bonds. The molecule has 0 radical (unpaired) electrons. The number of carbonyl (C=O) groups is 2. The first-order chi connectivity index (χ1) is 8.16. The van der Waals surface area contributed by atoms with Crippen molar-refractivity contribution in [3.8, 4) is 0 Å². The first kappa shape index (κ1) is 11.6. The molecule has 1 aliphatic heterocycles. The number of hydrogen-bond donors (Lipinski definition) is 1. The molecule has 17 heavy (non-hydrogen) atoms.